The molecule has 1 rings (SSSR count). The number of aliphatic carboxylic acids is 1. The van der Waals surface area contributed by atoms with Crippen LogP contribution in [0.25, 0.3) is 0 Å². The Labute approximate surface area is 90.2 Å². The summed E-state index contributed by atoms with van der Waals surface area (Å²) >= 11 is 0. The molecular formula is C10H20N2O3. The number of nitrogens with zero attached hydrogens (tertiary/aromatic N) is 1. The van der Waals surface area contributed by atoms with Crippen LogP contribution in [0.15, 0.2) is 0 Å². The maximum Gasteiger partial charge on any atom is 0.324 e. The van der Waals surface area contributed by atoms with Crippen LogP contribution in [-0.2, 0) is 9.53 Å². The minimum absolute atomic E-state index is 0.405. The van der Waals surface area contributed by atoms with Gasteiger partial charge in [0.15, 0.2) is 0 Å². The first-order valence-corrected chi connectivity index (χ1v) is 5.19. The maximum absolute atomic E-state index is 10.8. The van der Waals surface area contributed by atoms with E-state index in [-0.39, 0.29) is 0 Å². The summed E-state index contributed by atoms with van der Waals surface area (Å²) in [6.45, 7) is 4.49. The Hall–Kier alpha value is -0.650. The molecule has 1 aliphatic rings. The van der Waals surface area contributed by atoms with Gasteiger partial charge in [0.2, 0.25) is 0 Å². The minimum Gasteiger partial charge on any atom is -0.480 e. The number of hydrogen-bond donors (Lipinski definition) is 2. The number of carboxylic acids is 1. The fourth-order valence-corrected chi connectivity index (χ4v) is 1.96. The van der Waals surface area contributed by atoms with Crippen LogP contribution < -0.4 is 5.73 Å². The van der Waals surface area contributed by atoms with E-state index in [9.17, 15) is 4.79 Å². The highest BCUT2D eigenvalue weighted by molar-refractivity contribution is 5.78. The van der Waals surface area contributed by atoms with Gasteiger partial charge in [-0.15, -0.1) is 0 Å². The molecule has 5 heteroatoms. The second-order valence-electron chi connectivity index (χ2n) is 4.57. The van der Waals surface area contributed by atoms with Gasteiger partial charge in [-0.2, -0.15) is 0 Å². The maximum atomic E-state index is 10.8. The summed E-state index contributed by atoms with van der Waals surface area (Å²) < 4.78 is 5.08. The highest BCUT2D eigenvalue weighted by atomic mass is 16.5. The van der Waals surface area contributed by atoms with Crippen LogP contribution in [0.4, 0.5) is 0 Å². The molecule has 0 aromatic carbocycles. The smallest absolute Gasteiger partial charge is 0.324 e. The van der Waals surface area contributed by atoms with Crippen molar-refractivity contribution in [3.8, 4) is 0 Å². The van der Waals surface area contributed by atoms with E-state index in [1.807, 2.05) is 0 Å². The zero-order valence-corrected chi connectivity index (χ0v) is 9.40. The monoisotopic (exact) mass is 216 g/mol. The molecule has 1 fully saturated rings. The van der Waals surface area contributed by atoms with Crippen molar-refractivity contribution in [1.82, 2.24) is 4.90 Å². The summed E-state index contributed by atoms with van der Waals surface area (Å²) in [6.07, 6.45) is 1.06. The van der Waals surface area contributed by atoms with Crippen LogP contribution in [-0.4, -0.2) is 54.9 Å². The molecule has 3 N–H and O–H groups in total. The molecule has 2 atom stereocenters. The third-order valence-corrected chi connectivity index (χ3v) is 2.81. The fourth-order valence-electron chi connectivity index (χ4n) is 1.96. The van der Waals surface area contributed by atoms with E-state index >= 15 is 0 Å². The third-order valence-electron chi connectivity index (χ3n) is 2.81. The van der Waals surface area contributed by atoms with Crippen LogP contribution in [0.2, 0.25) is 0 Å². The van der Waals surface area contributed by atoms with Gasteiger partial charge in [-0.05, 0) is 25.8 Å². The predicted molar refractivity (Wildman–Crippen MR) is 56.7 cm³/mol. The molecule has 0 aliphatic carbocycles. The molecule has 88 valence electrons. The van der Waals surface area contributed by atoms with Gasteiger partial charge in [0.05, 0.1) is 6.61 Å². The van der Waals surface area contributed by atoms with Crippen molar-refractivity contribution in [3.63, 3.8) is 0 Å². The second kappa shape index (κ2) is 4.92. The molecular weight excluding hydrogens is 196 g/mol. The number of ether oxygens (including phenoxy) is 1. The topological polar surface area (TPSA) is 75.8 Å². The lowest BCUT2D eigenvalue weighted by Gasteiger charge is -2.26. The Balaban J connectivity index is 2.38. The molecule has 0 radical (unpaired) electrons. The molecule has 1 aliphatic heterocycles. The van der Waals surface area contributed by atoms with Gasteiger partial charge in [0, 0.05) is 20.2 Å². The lowest BCUT2D eigenvalue weighted by atomic mass is 10.0. The van der Waals surface area contributed by atoms with Gasteiger partial charge in [0.1, 0.15) is 5.54 Å². The molecule has 0 aromatic heterocycles. The Morgan fingerprint density at radius 1 is 1.73 bits per heavy atom. The molecule has 2 unspecified atom stereocenters. The summed E-state index contributed by atoms with van der Waals surface area (Å²) in [5.41, 5.74) is 4.54. The van der Waals surface area contributed by atoms with Gasteiger partial charge in [0.25, 0.3) is 0 Å². The zero-order valence-electron chi connectivity index (χ0n) is 9.40. The van der Waals surface area contributed by atoms with Crippen LogP contribution in [0.3, 0.4) is 0 Å². The number of hydrogen-bond acceptors (Lipinski definition) is 4. The molecule has 1 heterocycles. The van der Waals surface area contributed by atoms with Crippen molar-refractivity contribution >= 4 is 5.97 Å². The molecule has 0 saturated carbocycles. The van der Waals surface area contributed by atoms with E-state index < -0.39 is 11.5 Å². The van der Waals surface area contributed by atoms with Gasteiger partial charge >= 0.3 is 5.97 Å². The second-order valence-corrected chi connectivity index (χ2v) is 4.57. The predicted octanol–water partition coefficient (Wildman–Crippen LogP) is -0.243. The van der Waals surface area contributed by atoms with Crippen LogP contribution in [0.5, 0.6) is 0 Å². The van der Waals surface area contributed by atoms with E-state index in [0.29, 0.717) is 12.5 Å². The first-order chi connectivity index (χ1) is 6.95. The van der Waals surface area contributed by atoms with E-state index in [4.69, 9.17) is 15.6 Å². The SMILES string of the molecule is COCC1CCN(CC(C)(N)C(=O)O)C1. The Kier molecular flexibility index (Phi) is 4.07. The minimum atomic E-state index is -1.15. The van der Waals surface area contributed by atoms with Crippen molar-refractivity contribution in [2.45, 2.75) is 18.9 Å². The molecule has 0 aromatic rings. The number of rotatable bonds is 5. The number of methoxy groups -OCH3 is 1. The van der Waals surface area contributed by atoms with E-state index in [0.717, 1.165) is 26.1 Å². The first kappa shape index (κ1) is 12.4. The average molecular weight is 216 g/mol. The van der Waals surface area contributed by atoms with Gasteiger partial charge in [-0.3, -0.25) is 4.79 Å². The Morgan fingerprint density at radius 2 is 2.40 bits per heavy atom. The molecule has 0 bridgehead atoms. The van der Waals surface area contributed by atoms with Crippen molar-refractivity contribution in [1.29, 1.82) is 0 Å². The summed E-state index contributed by atoms with van der Waals surface area (Å²) in [6, 6.07) is 0. The molecule has 5 nitrogen and oxygen atoms in total. The number of likely N-dealkylation sites (tertiary alicyclic amines) is 1. The summed E-state index contributed by atoms with van der Waals surface area (Å²) in [7, 11) is 1.69. The van der Waals surface area contributed by atoms with Crippen molar-refractivity contribution in [2.75, 3.05) is 33.4 Å². The van der Waals surface area contributed by atoms with Crippen LogP contribution in [0, 0.1) is 5.92 Å². The Bertz CT molecular complexity index is 231. The van der Waals surface area contributed by atoms with Crippen molar-refractivity contribution in [3.05, 3.63) is 0 Å². The summed E-state index contributed by atoms with van der Waals surface area (Å²) in [5.74, 6) is -0.433. The number of carbonyl (C=O) groups is 1. The highest BCUT2D eigenvalue weighted by Gasteiger charge is 2.33. The van der Waals surface area contributed by atoms with E-state index in [1.54, 1.807) is 14.0 Å². The highest BCUT2D eigenvalue weighted by Crippen LogP contribution is 2.18. The summed E-state index contributed by atoms with van der Waals surface area (Å²) in [5, 5.41) is 8.89. The van der Waals surface area contributed by atoms with Gasteiger partial charge in [-0.1, -0.05) is 0 Å². The lowest BCUT2D eigenvalue weighted by molar-refractivity contribution is -0.143. The normalized spacial score (nSPS) is 26.5. The largest absolute Gasteiger partial charge is 0.480 e. The number of carboxylic acid groups (broad SMARTS) is 1. The fraction of sp³-hybridized carbons (Fsp3) is 0.900. The number of nitrogens with two attached hydrogens (primary N) is 1. The van der Waals surface area contributed by atoms with Gasteiger partial charge < -0.3 is 20.5 Å². The summed E-state index contributed by atoms with van der Waals surface area (Å²) in [4.78, 5) is 12.9. The Morgan fingerprint density at radius 3 is 2.93 bits per heavy atom. The molecule has 0 spiro atoms. The first-order valence-electron chi connectivity index (χ1n) is 5.19. The van der Waals surface area contributed by atoms with Crippen LogP contribution in [0.1, 0.15) is 13.3 Å². The van der Waals surface area contributed by atoms with Crippen LogP contribution >= 0.6 is 0 Å². The standard InChI is InChI=1S/C10H20N2O3/c1-10(11,9(13)14)7-12-4-3-8(5-12)6-15-2/h8H,3-7,11H2,1-2H3,(H,13,14). The van der Waals surface area contributed by atoms with Crippen molar-refractivity contribution in [2.24, 2.45) is 11.7 Å². The van der Waals surface area contributed by atoms with E-state index in [2.05, 4.69) is 4.90 Å². The zero-order chi connectivity index (χ0) is 11.5. The molecule has 1 saturated heterocycles. The van der Waals surface area contributed by atoms with Crippen molar-refractivity contribution < 1.29 is 14.6 Å². The molecule has 0 amide bonds. The third kappa shape index (κ3) is 3.44. The van der Waals surface area contributed by atoms with E-state index in [1.165, 1.54) is 0 Å². The quantitative estimate of drug-likeness (QED) is 0.663. The lowest BCUT2D eigenvalue weighted by Crippen LogP contribution is -2.53. The average Bonchev–Trinajstić information content (AvgIpc) is 2.52. The van der Waals surface area contributed by atoms with Gasteiger partial charge in [-0.25, -0.2) is 0 Å². The molecule has 15 heavy (non-hydrogen) atoms.